The summed E-state index contributed by atoms with van der Waals surface area (Å²) in [5.74, 6) is -0.757. The molecule has 0 bridgehead atoms. The Bertz CT molecular complexity index is 957. The van der Waals surface area contributed by atoms with Crippen LogP contribution in [0.4, 0.5) is 4.39 Å². The molecule has 0 atom stereocenters. The van der Waals surface area contributed by atoms with Gasteiger partial charge in [-0.05, 0) is 24.6 Å². The third-order valence-electron chi connectivity index (χ3n) is 4.15. The Morgan fingerprint density at radius 2 is 1.46 bits per heavy atom. The van der Waals surface area contributed by atoms with Gasteiger partial charge in [0.05, 0.1) is 12.2 Å². The van der Waals surface area contributed by atoms with Gasteiger partial charge in [0.25, 0.3) is 5.91 Å². The van der Waals surface area contributed by atoms with Crippen molar-refractivity contribution >= 4 is 11.7 Å². The van der Waals surface area contributed by atoms with Crippen LogP contribution in [0.25, 0.3) is 0 Å². The van der Waals surface area contributed by atoms with E-state index in [1.165, 1.54) is 6.07 Å². The van der Waals surface area contributed by atoms with Crippen LogP contribution in [0.15, 0.2) is 78.9 Å². The highest BCUT2D eigenvalue weighted by Gasteiger charge is 2.17. The summed E-state index contributed by atoms with van der Waals surface area (Å²) in [6.45, 7) is 0.618. The van der Waals surface area contributed by atoms with Crippen LogP contribution in [0, 0.1) is 5.82 Å². The molecule has 1 amide bonds. The van der Waals surface area contributed by atoms with Crippen LogP contribution in [-0.2, 0) is 0 Å². The van der Waals surface area contributed by atoms with Crippen LogP contribution in [-0.4, -0.2) is 24.8 Å². The molecule has 0 spiro atoms. The number of benzene rings is 3. The molecule has 0 heterocycles. The molecule has 4 nitrogen and oxygen atoms in total. The fourth-order valence-corrected chi connectivity index (χ4v) is 2.74. The quantitative estimate of drug-likeness (QED) is 0.471. The maximum absolute atomic E-state index is 13.5. The van der Waals surface area contributed by atoms with Crippen LogP contribution in [0.3, 0.4) is 0 Å². The molecule has 0 aliphatic carbocycles. The average molecular weight is 377 g/mol. The highest BCUT2D eigenvalue weighted by Crippen LogP contribution is 2.16. The van der Waals surface area contributed by atoms with E-state index in [-0.39, 0.29) is 24.0 Å². The Morgan fingerprint density at radius 1 is 0.821 bits per heavy atom. The van der Waals surface area contributed by atoms with Gasteiger partial charge in [-0.15, -0.1) is 0 Å². The molecule has 3 aromatic carbocycles. The lowest BCUT2D eigenvalue weighted by atomic mass is 9.98. The number of nitrogens with one attached hydrogen (secondary N) is 1. The predicted octanol–water partition coefficient (Wildman–Crippen LogP) is 4.26. The normalized spacial score (nSPS) is 10.3. The lowest BCUT2D eigenvalue weighted by molar-refractivity contribution is 0.0940. The molecule has 28 heavy (non-hydrogen) atoms. The first-order valence-electron chi connectivity index (χ1n) is 9.01. The molecule has 0 fully saturated rings. The van der Waals surface area contributed by atoms with Crippen molar-refractivity contribution in [2.24, 2.45) is 0 Å². The van der Waals surface area contributed by atoms with Gasteiger partial charge < -0.3 is 10.1 Å². The fourth-order valence-electron chi connectivity index (χ4n) is 2.74. The zero-order chi connectivity index (χ0) is 19.8. The van der Waals surface area contributed by atoms with E-state index in [0.717, 1.165) is 0 Å². The number of rotatable bonds is 8. The summed E-state index contributed by atoms with van der Waals surface area (Å²) in [6.07, 6.45) is 0.509. The second kappa shape index (κ2) is 9.46. The van der Waals surface area contributed by atoms with Gasteiger partial charge in [-0.2, -0.15) is 0 Å². The Hall–Kier alpha value is -3.47. The first-order chi connectivity index (χ1) is 13.7. The number of ether oxygens (including phenoxy) is 1. The number of carbonyl (C=O) groups excluding carboxylic acids is 2. The Labute approximate surface area is 163 Å². The number of amides is 1. The van der Waals surface area contributed by atoms with Crippen LogP contribution < -0.4 is 10.1 Å². The van der Waals surface area contributed by atoms with Gasteiger partial charge in [-0.25, -0.2) is 4.39 Å². The molecular weight excluding hydrogens is 357 g/mol. The molecule has 0 radical (unpaired) electrons. The van der Waals surface area contributed by atoms with Gasteiger partial charge in [0.15, 0.2) is 17.3 Å². The minimum Gasteiger partial charge on any atom is -0.490 e. The number of hydrogen-bond acceptors (Lipinski definition) is 3. The minimum atomic E-state index is -0.417. The highest BCUT2D eigenvalue weighted by molar-refractivity contribution is 6.15. The zero-order valence-electron chi connectivity index (χ0n) is 15.2. The molecule has 1 N–H and O–H groups in total. The summed E-state index contributed by atoms with van der Waals surface area (Å²) in [5.41, 5.74) is 1.21. The lowest BCUT2D eigenvalue weighted by Crippen LogP contribution is -2.27. The number of para-hydroxylation sites is 1. The second-order valence-electron chi connectivity index (χ2n) is 6.13. The highest BCUT2D eigenvalue weighted by atomic mass is 19.1. The Balaban J connectivity index is 1.56. The van der Waals surface area contributed by atoms with E-state index < -0.39 is 5.82 Å². The monoisotopic (exact) mass is 377 g/mol. The van der Waals surface area contributed by atoms with Gasteiger partial charge in [-0.3, -0.25) is 9.59 Å². The van der Waals surface area contributed by atoms with Crippen LogP contribution >= 0.6 is 0 Å². The summed E-state index contributed by atoms with van der Waals surface area (Å²) >= 11 is 0. The maximum Gasteiger partial charge on any atom is 0.252 e. The van der Waals surface area contributed by atoms with E-state index in [2.05, 4.69) is 5.32 Å². The van der Waals surface area contributed by atoms with Crippen molar-refractivity contribution in [2.75, 3.05) is 13.2 Å². The average Bonchev–Trinajstić information content (AvgIpc) is 2.74. The molecule has 3 aromatic rings. The van der Waals surface area contributed by atoms with Crippen molar-refractivity contribution < 1.29 is 18.7 Å². The summed E-state index contributed by atoms with van der Waals surface area (Å²) in [6, 6.07) is 21.7. The van der Waals surface area contributed by atoms with E-state index >= 15 is 0 Å². The lowest BCUT2D eigenvalue weighted by Gasteiger charge is -2.10. The van der Waals surface area contributed by atoms with Gasteiger partial charge in [0, 0.05) is 17.7 Å². The van der Waals surface area contributed by atoms with Gasteiger partial charge in [0.2, 0.25) is 0 Å². The van der Waals surface area contributed by atoms with Crippen molar-refractivity contribution in [1.29, 1.82) is 0 Å². The molecule has 0 saturated heterocycles. The summed E-state index contributed by atoms with van der Waals surface area (Å²) < 4.78 is 18.8. The van der Waals surface area contributed by atoms with Crippen molar-refractivity contribution in [3.63, 3.8) is 0 Å². The van der Waals surface area contributed by atoms with Crippen LogP contribution in [0.1, 0.15) is 32.7 Å². The van der Waals surface area contributed by atoms with Crippen molar-refractivity contribution in [3.05, 3.63) is 101 Å². The van der Waals surface area contributed by atoms with E-state index in [9.17, 15) is 14.0 Å². The summed E-state index contributed by atoms with van der Waals surface area (Å²) in [4.78, 5) is 25.2. The minimum absolute atomic E-state index is 0.188. The summed E-state index contributed by atoms with van der Waals surface area (Å²) in [7, 11) is 0. The van der Waals surface area contributed by atoms with E-state index in [0.29, 0.717) is 29.7 Å². The topological polar surface area (TPSA) is 55.4 Å². The number of hydrogen-bond donors (Lipinski definition) is 1. The maximum atomic E-state index is 13.5. The standard InChI is InChI=1S/C23H20FNO3/c24-20-13-6-7-14-21(20)28-16-8-15-25-23(27)19-12-5-4-11-18(19)22(26)17-9-2-1-3-10-17/h1-7,9-14H,8,15-16H2,(H,25,27). The number of halogens is 1. The van der Waals surface area contributed by atoms with Crippen molar-refractivity contribution in [2.45, 2.75) is 6.42 Å². The molecule has 0 aliphatic rings. The molecule has 0 saturated carbocycles. The first-order valence-corrected chi connectivity index (χ1v) is 9.01. The predicted molar refractivity (Wildman–Crippen MR) is 105 cm³/mol. The molecule has 142 valence electrons. The van der Waals surface area contributed by atoms with Gasteiger partial charge >= 0.3 is 0 Å². The summed E-state index contributed by atoms with van der Waals surface area (Å²) in [5, 5.41) is 2.78. The molecule has 0 aromatic heterocycles. The Morgan fingerprint density at radius 3 is 2.21 bits per heavy atom. The van der Waals surface area contributed by atoms with Gasteiger partial charge in [-0.1, -0.05) is 60.7 Å². The molecule has 3 rings (SSSR count). The van der Waals surface area contributed by atoms with E-state index in [4.69, 9.17) is 4.74 Å². The van der Waals surface area contributed by atoms with Gasteiger partial charge in [0.1, 0.15) is 0 Å². The molecule has 5 heteroatoms. The van der Waals surface area contributed by atoms with E-state index in [1.54, 1.807) is 66.7 Å². The fraction of sp³-hybridized carbons (Fsp3) is 0.130. The van der Waals surface area contributed by atoms with Crippen molar-refractivity contribution in [3.8, 4) is 5.75 Å². The van der Waals surface area contributed by atoms with Crippen molar-refractivity contribution in [1.82, 2.24) is 5.32 Å². The van der Waals surface area contributed by atoms with E-state index in [1.807, 2.05) is 6.07 Å². The third-order valence-corrected chi connectivity index (χ3v) is 4.15. The molecule has 0 aliphatic heterocycles. The number of ketones is 1. The SMILES string of the molecule is O=C(NCCCOc1ccccc1F)c1ccccc1C(=O)c1ccccc1. The number of carbonyl (C=O) groups is 2. The first kappa shape index (κ1) is 19.3. The zero-order valence-corrected chi connectivity index (χ0v) is 15.2. The largest absolute Gasteiger partial charge is 0.490 e. The molecule has 0 unspecified atom stereocenters. The smallest absolute Gasteiger partial charge is 0.252 e. The third kappa shape index (κ3) is 4.82. The Kier molecular flexibility index (Phi) is 6.52. The second-order valence-corrected chi connectivity index (χ2v) is 6.13. The van der Waals surface area contributed by atoms with Crippen LogP contribution in [0.5, 0.6) is 5.75 Å². The van der Waals surface area contributed by atoms with Crippen LogP contribution in [0.2, 0.25) is 0 Å². The molecular formula is C23H20FNO3.